The molecule has 0 aliphatic heterocycles. The zero-order valence-electron chi connectivity index (χ0n) is 13.2. The number of rotatable bonds is 8. The van der Waals surface area contributed by atoms with E-state index in [9.17, 15) is 9.59 Å². The van der Waals surface area contributed by atoms with Gasteiger partial charge >= 0.3 is 0 Å². The molecule has 24 heavy (non-hydrogen) atoms. The predicted molar refractivity (Wildman–Crippen MR) is 95.6 cm³/mol. The first-order valence-corrected chi connectivity index (χ1v) is 8.02. The molecule has 5 nitrogen and oxygen atoms in total. The van der Waals surface area contributed by atoms with Crippen molar-refractivity contribution in [3.8, 4) is 0 Å². The fourth-order valence-electron chi connectivity index (χ4n) is 2.23. The first-order valence-electron chi connectivity index (χ1n) is 7.64. The van der Waals surface area contributed by atoms with Crippen molar-refractivity contribution >= 4 is 29.1 Å². The van der Waals surface area contributed by atoms with Gasteiger partial charge in [-0.2, -0.15) is 0 Å². The van der Waals surface area contributed by atoms with Gasteiger partial charge in [-0.15, -0.1) is 0 Å². The van der Waals surface area contributed by atoms with Crippen molar-refractivity contribution in [2.24, 2.45) is 5.73 Å². The number of hydrogen-bond donors (Lipinski definition) is 2. The largest absolute Gasteiger partial charge is 0.375 e. The van der Waals surface area contributed by atoms with Crippen molar-refractivity contribution in [2.45, 2.75) is 13.0 Å². The number of amides is 2. The van der Waals surface area contributed by atoms with Gasteiger partial charge in [0.15, 0.2) is 0 Å². The Kier molecular flexibility index (Phi) is 6.63. The fraction of sp³-hybridized carbons (Fsp3) is 0.222. The highest BCUT2D eigenvalue weighted by molar-refractivity contribution is 6.33. The third kappa shape index (κ3) is 5.59. The SMILES string of the molecule is NC(=O)CCN(Cc1ccccc1)C(=O)CNc1ccccc1Cl. The van der Waals surface area contributed by atoms with Crippen LogP contribution in [0.3, 0.4) is 0 Å². The maximum Gasteiger partial charge on any atom is 0.242 e. The van der Waals surface area contributed by atoms with Crippen LogP contribution >= 0.6 is 11.6 Å². The number of hydrogen-bond acceptors (Lipinski definition) is 3. The van der Waals surface area contributed by atoms with E-state index in [1.165, 1.54) is 0 Å². The summed E-state index contributed by atoms with van der Waals surface area (Å²) in [5.74, 6) is -0.556. The summed E-state index contributed by atoms with van der Waals surface area (Å²) < 4.78 is 0. The van der Waals surface area contributed by atoms with E-state index in [1.807, 2.05) is 42.5 Å². The second kappa shape index (κ2) is 8.93. The highest BCUT2D eigenvalue weighted by Crippen LogP contribution is 2.20. The van der Waals surface area contributed by atoms with Crippen LogP contribution in [0.5, 0.6) is 0 Å². The molecular weight excluding hydrogens is 326 g/mol. The van der Waals surface area contributed by atoms with E-state index in [0.717, 1.165) is 5.56 Å². The summed E-state index contributed by atoms with van der Waals surface area (Å²) in [6.45, 7) is 0.805. The molecule has 0 spiro atoms. The molecule has 3 N–H and O–H groups in total. The second-order valence-electron chi connectivity index (χ2n) is 5.35. The summed E-state index contributed by atoms with van der Waals surface area (Å²) in [5, 5.41) is 3.58. The first kappa shape index (κ1) is 17.8. The normalized spacial score (nSPS) is 10.2. The third-order valence-corrected chi connectivity index (χ3v) is 3.83. The zero-order chi connectivity index (χ0) is 17.4. The molecule has 2 aromatic rings. The molecule has 6 heteroatoms. The van der Waals surface area contributed by atoms with Crippen LogP contribution in [0.2, 0.25) is 5.02 Å². The van der Waals surface area contributed by atoms with Gasteiger partial charge in [0.1, 0.15) is 0 Å². The molecule has 0 unspecified atom stereocenters. The number of nitrogens with zero attached hydrogens (tertiary/aromatic N) is 1. The summed E-state index contributed by atoms with van der Waals surface area (Å²) in [4.78, 5) is 25.2. The van der Waals surface area contributed by atoms with Crippen LogP contribution in [-0.2, 0) is 16.1 Å². The first-order chi connectivity index (χ1) is 11.6. The highest BCUT2D eigenvalue weighted by atomic mass is 35.5. The molecule has 2 aromatic carbocycles. The molecule has 0 bridgehead atoms. The van der Waals surface area contributed by atoms with Crippen LogP contribution in [0, 0.1) is 0 Å². The Balaban J connectivity index is 2.00. The second-order valence-corrected chi connectivity index (χ2v) is 5.76. The number of nitrogens with one attached hydrogen (secondary N) is 1. The van der Waals surface area contributed by atoms with Crippen LogP contribution in [0.15, 0.2) is 54.6 Å². The van der Waals surface area contributed by atoms with Crippen LogP contribution in [-0.4, -0.2) is 29.8 Å². The molecule has 126 valence electrons. The van der Waals surface area contributed by atoms with Gasteiger partial charge in [-0.1, -0.05) is 54.1 Å². The summed E-state index contributed by atoms with van der Waals surface area (Å²) in [7, 11) is 0. The number of anilines is 1. The summed E-state index contributed by atoms with van der Waals surface area (Å²) in [5.41, 5.74) is 6.90. The molecule has 0 saturated carbocycles. The van der Waals surface area contributed by atoms with Crippen LogP contribution in [0.1, 0.15) is 12.0 Å². The Morgan fingerprint density at radius 3 is 2.38 bits per heavy atom. The Labute approximate surface area is 146 Å². The van der Waals surface area contributed by atoms with Gasteiger partial charge in [0.25, 0.3) is 0 Å². The smallest absolute Gasteiger partial charge is 0.242 e. The lowest BCUT2D eigenvalue weighted by atomic mass is 10.2. The van der Waals surface area contributed by atoms with E-state index in [2.05, 4.69) is 5.32 Å². The van der Waals surface area contributed by atoms with Gasteiger partial charge in [0, 0.05) is 19.5 Å². The number of carbonyl (C=O) groups excluding carboxylic acids is 2. The average molecular weight is 346 g/mol. The maximum atomic E-state index is 12.5. The maximum absolute atomic E-state index is 12.5. The minimum Gasteiger partial charge on any atom is -0.375 e. The van der Waals surface area contributed by atoms with Crippen LogP contribution in [0.25, 0.3) is 0 Å². The summed E-state index contributed by atoms with van der Waals surface area (Å²) in [6.07, 6.45) is 0.130. The lowest BCUT2D eigenvalue weighted by molar-refractivity contribution is -0.130. The molecule has 0 atom stereocenters. The summed E-state index contributed by atoms with van der Waals surface area (Å²) >= 11 is 6.07. The third-order valence-electron chi connectivity index (χ3n) is 3.50. The molecule has 2 amide bonds. The number of para-hydroxylation sites is 1. The number of primary amides is 1. The average Bonchev–Trinajstić information content (AvgIpc) is 2.58. The monoisotopic (exact) mass is 345 g/mol. The number of benzene rings is 2. The summed E-state index contributed by atoms with van der Waals surface area (Å²) in [6, 6.07) is 16.8. The molecule has 0 heterocycles. The van der Waals surface area contributed by atoms with E-state index >= 15 is 0 Å². The Hall–Kier alpha value is -2.53. The minimum absolute atomic E-state index is 0.0926. The molecule has 0 aliphatic rings. The number of nitrogens with two attached hydrogens (primary N) is 1. The number of halogens is 1. The van der Waals surface area contributed by atoms with Gasteiger partial charge in [0.2, 0.25) is 11.8 Å². The van der Waals surface area contributed by atoms with Gasteiger partial charge in [0.05, 0.1) is 17.3 Å². The molecule has 0 radical (unpaired) electrons. The van der Waals surface area contributed by atoms with Crippen molar-refractivity contribution in [1.82, 2.24) is 4.90 Å². The topological polar surface area (TPSA) is 75.4 Å². The predicted octanol–water partition coefficient (Wildman–Crippen LogP) is 2.66. The highest BCUT2D eigenvalue weighted by Gasteiger charge is 2.15. The standard InChI is InChI=1S/C18H20ClN3O2/c19-15-8-4-5-9-16(15)21-12-18(24)22(11-10-17(20)23)13-14-6-2-1-3-7-14/h1-9,21H,10-13H2,(H2,20,23). The minimum atomic E-state index is -0.431. The van der Waals surface area contributed by atoms with Crippen molar-refractivity contribution in [3.63, 3.8) is 0 Å². The lowest BCUT2D eigenvalue weighted by Gasteiger charge is -2.23. The van der Waals surface area contributed by atoms with Crippen molar-refractivity contribution in [2.75, 3.05) is 18.4 Å². The van der Waals surface area contributed by atoms with Gasteiger partial charge in [-0.05, 0) is 17.7 Å². The van der Waals surface area contributed by atoms with Crippen molar-refractivity contribution < 1.29 is 9.59 Å². The lowest BCUT2D eigenvalue weighted by Crippen LogP contribution is -2.37. The van der Waals surface area contributed by atoms with E-state index in [0.29, 0.717) is 17.3 Å². The molecule has 0 aliphatic carbocycles. The Morgan fingerprint density at radius 1 is 1.04 bits per heavy atom. The van der Waals surface area contributed by atoms with E-state index in [-0.39, 0.29) is 25.4 Å². The van der Waals surface area contributed by atoms with Gasteiger partial charge in [-0.25, -0.2) is 0 Å². The van der Waals surface area contributed by atoms with E-state index < -0.39 is 5.91 Å². The van der Waals surface area contributed by atoms with Gasteiger partial charge < -0.3 is 16.0 Å². The van der Waals surface area contributed by atoms with Crippen LogP contribution in [0.4, 0.5) is 5.69 Å². The van der Waals surface area contributed by atoms with Crippen LogP contribution < -0.4 is 11.1 Å². The zero-order valence-corrected chi connectivity index (χ0v) is 14.0. The molecule has 0 aromatic heterocycles. The number of carbonyl (C=O) groups is 2. The molecular formula is C18H20ClN3O2. The van der Waals surface area contributed by atoms with E-state index in [1.54, 1.807) is 17.0 Å². The molecule has 2 rings (SSSR count). The fourth-order valence-corrected chi connectivity index (χ4v) is 2.43. The molecule has 0 saturated heterocycles. The van der Waals surface area contributed by atoms with E-state index in [4.69, 9.17) is 17.3 Å². The van der Waals surface area contributed by atoms with Crippen molar-refractivity contribution in [3.05, 3.63) is 65.2 Å². The molecule has 0 fully saturated rings. The Morgan fingerprint density at radius 2 is 1.71 bits per heavy atom. The quantitative estimate of drug-likeness (QED) is 0.772. The Bertz CT molecular complexity index is 692. The van der Waals surface area contributed by atoms with Gasteiger partial charge in [-0.3, -0.25) is 9.59 Å². The van der Waals surface area contributed by atoms with Crippen molar-refractivity contribution in [1.29, 1.82) is 0 Å².